The Balaban J connectivity index is 0.00000100. The van der Waals surface area contributed by atoms with Crippen LogP contribution in [-0.4, -0.2) is 99.3 Å². The third-order valence-corrected chi connectivity index (χ3v) is 11.4. The number of hydrogen-bond acceptors (Lipinski definition) is 11. The minimum absolute atomic E-state index is 0.00633. The molecular weight excluding hydrogens is 847 g/mol. The number of nitrogens with one attached hydrogen (secondary N) is 4. The molecule has 5 N–H and O–H groups in total. The molecule has 0 saturated carbocycles. The Morgan fingerprint density at radius 1 is 0.968 bits per heavy atom. The summed E-state index contributed by atoms with van der Waals surface area (Å²) in [7, 11) is 5.61. The van der Waals surface area contributed by atoms with Gasteiger partial charge in [0, 0.05) is 31.2 Å². The van der Waals surface area contributed by atoms with Crippen molar-refractivity contribution in [2.75, 3.05) is 40.9 Å². The number of aldehydes is 1. The van der Waals surface area contributed by atoms with E-state index in [9.17, 15) is 24.0 Å². The van der Waals surface area contributed by atoms with E-state index in [4.69, 9.17) is 31.0 Å². The fraction of sp³-hybridized carbons (Fsp3) is 0.574. The molecule has 1 heterocycles. The number of amides is 2. The number of aryl methyl sites for hydroxylation is 1. The van der Waals surface area contributed by atoms with Gasteiger partial charge in [-0.05, 0) is 120 Å². The number of halogens is 1. The highest BCUT2D eigenvalue weighted by atomic mass is 35.5. The van der Waals surface area contributed by atoms with E-state index in [1.165, 1.54) is 18.7 Å². The van der Waals surface area contributed by atoms with Crippen molar-refractivity contribution in [3.8, 4) is 5.75 Å². The second-order valence-corrected chi connectivity index (χ2v) is 19.3. The monoisotopic (exact) mass is 920 g/mol. The van der Waals surface area contributed by atoms with Crippen LogP contribution in [-0.2, 0) is 44.8 Å². The van der Waals surface area contributed by atoms with Gasteiger partial charge in [0.25, 0.3) is 5.97 Å². The summed E-state index contributed by atoms with van der Waals surface area (Å²) in [5, 5.41) is 19.7. The molecule has 1 aliphatic rings. The van der Waals surface area contributed by atoms with Crippen molar-refractivity contribution >= 4 is 56.2 Å². The van der Waals surface area contributed by atoms with E-state index in [1.807, 2.05) is 65.8 Å². The summed E-state index contributed by atoms with van der Waals surface area (Å²) in [6.45, 7) is 20.4. The summed E-state index contributed by atoms with van der Waals surface area (Å²) in [4.78, 5) is 66.2. The van der Waals surface area contributed by atoms with Crippen LogP contribution in [0.3, 0.4) is 0 Å². The Bertz CT molecular complexity index is 1740. The SMILES string of the molecule is CC(=O)O.CC(CC/C=C/C(=O)NCC=O)C1PC1c1ccc(CNC(=O)CNC(C)(C)C)cc1.CNCC(C)(C)C(=O)OC(CC(C)C)C(=O)OC.COc1ccc(C)cc1Cl. The Hall–Kier alpha value is -4.36. The number of carbonyl (C=O) groups is 6. The zero-order valence-electron chi connectivity index (χ0n) is 39.6. The molecule has 0 aromatic heterocycles. The van der Waals surface area contributed by atoms with Gasteiger partial charge in [-0.3, -0.25) is 19.2 Å². The summed E-state index contributed by atoms with van der Waals surface area (Å²) >= 11 is 5.80. The fourth-order valence-corrected chi connectivity index (χ4v) is 7.67. The van der Waals surface area contributed by atoms with E-state index >= 15 is 0 Å². The molecule has 2 aromatic rings. The minimum Gasteiger partial charge on any atom is -0.495 e. The van der Waals surface area contributed by atoms with E-state index in [1.54, 1.807) is 28.0 Å². The van der Waals surface area contributed by atoms with Crippen molar-refractivity contribution < 1.29 is 48.1 Å². The summed E-state index contributed by atoms with van der Waals surface area (Å²) in [5.41, 5.74) is 4.24. The van der Waals surface area contributed by atoms with Crippen LogP contribution < -0.4 is 26.0 Å². The number of methoxy groups -OCH3 is 2. The number of carbonyl (C=O) groups excluding carboxylic acids is 5. The van der Waals surface area contributed by atoms with Gasteiger partial charge in [0.05, 0.1) is 37.7 Å². The highest BCUT2D eigenvalue weighted by Crippen LogP contribution is 2.65. The molecule has 5 unspecified atom stereocenters. The normalized spacial score (nSPS) is 15.5. The lowest BCUT2D eigenvalue weighted by Gasteiger charge is -2.25. The fourth-order valence-electron chi connectivity index (χ4n) is 5.66. The number of carboxylic acids is 1. The molecular formula is C47H74ClN4O10P. The molecule has 0 radical (unpaired) electrons. The van der Waals surface area contributed by atoms with Crippen LogP contribution in [0.5, 0.6) is 5.75 Å². The summed E-state index contributed by atoms with van der Waals surface area (Å²) < 4.78 is 14.9. The number of hydrogen-bond donors (Lipinski definition) is 5. The highest BCUT2D eigenvalue weighted by molar-refractivity contribution is 7.48. The predicted molar refractivity (Wildman–Crippen MR) is 253 cm³/mol. The van der Waals surface area contributed by atoms with Crippen molar-refractivity contribution in [1.82, 2.24) is 21.3 Å². The average Bonchev–Trinajstić information content (AvgIpc) is 4.01. The van der Waals surface area contributed by atoms with Crippen LogP contribution in [0.25, 0.3) is 0 Å². The van der Waals surface area contributed by atoms with Crippen LogP contribution in [0, 0.1) is 24.2 Å². The lowest BCUT2D eigenvalue weighted by Crippen LogP contribution is -2.43. The molecule has 5 atom stereocenters. The smallest absolute Gasteiger partial charge is 0.347 e. The Morgan fingerprint density at radius 2 is 1.59 bits per heavy atom. The van der Waals surface area contributed by atoms with Crippen LogP contribution in [0.15, 0.2) is 54.6 Å². The third-order valence-electron chi connectivity index (χ3n) is 9.14. The van der Waals surface area contributed by atoms with E-state index < -0.39 is 29.4 Å². The van der Waals surface area contributed by atoms with Gasteiger partial charge in [-0.2, -0.15) is 0 Å². The molecule has 14 nitrogen and oxygen atoms in total. The molecule has 16 heteroatoms. The molecule has 0 spiro atoms. The zero-order valence-corrected chi connectivity index (χ0v) is 41.4. The van der Waals surface area contributed by atoms with Crippen LogP contribution in [0.2, 0.25) is 5.02 Å². The topological polar surface area (TPSA) is 198 Å². The van der Waals surface area contributed by atoms with Gasteiger partial charge in [0.2, 0.25) is 11.8 Å². The van der Waals surface area contributed by atoms with Gasteiger partial charge < -0.3 is 45.4 Å². The van der Waals surface area contributed by atoms with E-state index in [2.05, 4.69) is 57.2 Å². The lowest BCUT2D eigenvalue weighted by molar-refractivity contribution is -0.173. The van der Waals surface area contributed by atoms with Crippen molar-refractivity contribution in [2.45, 2.75) is 118 Å². The molecule has 1 saturated heterocycles. The third kappa shape index (κ3) is 27.4. The number of aliphatic carboxylic acids is 1. The minimum atomic E-state index is -0.833. The van der Waals surface area contributed by atoms with Gasteiger partial charge in [-0.25, -0.2) is 4.79 Å². The number of carboxylic acid groups (broad SMARTS) is 1. The quantitative estimate of drug-likeness (QED) is 0.0389. The maximum Gasteiger partial charge on any atom is 0.347 e. The molecule has 354 valence electrons. The maximum atomic E-state index is 12.0. The van der Waals surface area contributed by atoms with Gasteiger partial charge >= 0.3 is 11.9 Å². The molecule has 3 rings (SSSR count). The second kappa shape index (κ2) is 30.7. The van der Waals surface area contributed by atoms with Crippen molar-refractivity contribution in [3.05, 3.63) is 76.3 Å². The average molecular weight is 922 g/mol. The van der Waals surface area contributed by atoms with E-state index in [0.29, 0.717) is 54.6 Å². The summed E-state index contributed by atoms with van der Waals surface area (Å²) in [5.74, 6) is -0.355. The van der Waals surface area contributed by atoms with Gasteiger partial charge in [0.15, 0.2) is 6.10 Å². The van der Waals surface area contributed by atoms with Crippen LogP contribution in [0.1, 0.15) is 104 Å². The van der Waals surface area contributed by atoms with Crippen molar-refractivity contribution in [2.24, 2.45) is 17.3 Å². The first-order valence-corrected chi connectivity index (χ1v) is 22.6. The maximum absolute atomic E-state index is 12.0. The predicted octanol–water partition coefficient (Wildman–Crippen LogP) is 7.19. The number of allylic oxidation sites excluding steroid dienone is 1. The largest absolute Gasteiger partial charge is 0.495 e. The second-order valence-electron chi connectivity index (χ2n) is 17.3. The summed E-state index contributed by atoms with van der Waals surface area (Å²) in [6, 6.07) is 14.3. The van der Waals surface area contributed by atoms with Crippen LogP contribution in [0.4, 0.5) is 0 Å². The first-order valence-electron chi connectivity index (χ1n) is 21.1. The summed E-state index contributed by atoms with van der Waals surface area (Å²) in [6.07, 6.45) is 5.64. The number of rotatable bonds is 20. The van der Waals surface area contributed by atoms with Gasteiger partial charge in [0.1, 0.15) is 12.0 Å². The Labute approximate surface area is 382 Å². The van der Waals surface area contributed by atoms with E-state index in [-0.39, 0.29) is 29.8 Å². The number of ether oxygens (including phenoxy) is 3. The standard InChI is InChI=1S/C24H36N3O3P.C13H25NO4.C8H9ClO.C2H4O2/c1-17(7-5-6-8-20(29)25-13-14-28)22-23(31-22)19-11-9-18(10-12-19)15-26-21(30)16-27-24(2,3)4;1-9(2)7-10(11(15)17-6)18-12(16)13(3,4)8-14-5;1-6-3-4-8(10-2)7(9)5-6;1-2(3)4/h6,8-12,14,17,22-23,27,31H,5,7,13,15-16H2,1-4H3,(H,25,29)(H,26,30);9-10,14H,7-8H2,1-6H3;3-5H,1-2H3;1H3,(H,3,4)/b8-6+;;;. The Morgan fingerprint density at radius 3 is 2.10 bits per heavy atom. The number of esters is 2. The zero-order chi connectivity index (χ0) is 48.3. The first-order chi connectivity index (χ1) is 29.4. The van der Waals surface area contributed by atoms with Gasteiger partial charge in [-0.15, -0.1) is 8.58 Å². The first kappa shape index (κ1) is 58.6. The molecule has 2 amide bonds. The number of benzene rings is 2. The van der Waals surface area contributed by atoms with Crippen molar-refractivity contribution in [3.63, 3.8) is 0 Å². The van der Waals surface area contributed by atoms with Crippen LogP contribution >= 0.6 is 20.2 Å². The van der Waals surface area contributed by atoms with E-state index in [0.717, 1.165) is 45.2 Å². The van der Waals surface area contributed by atoms with Crippen molar-refractivity contribution in [1.29, 1.82) is 0 Å². The molecule has 2 aromatic carbocycles. The highest BCUT2D eigenvalue weighted by Gasteiger charge is 2.41. The molecule has 1 fully saturated rings. The molecule has 0 aliphatic carbocycles. The molecule has 1 aliphatic heterocycles. The molecule has 0 bridgehead atoms. The molecule has 63 heavy (non-hydrogen) atoms. The Kier molecular flexibility index (Phi) is 28.6. The van der Waals surface area contributed by atoms with Gasteiger partial charge in [-0.1, -0.05) is 68.8 Å². The lowest BCUT2D eigenvalue weighted by atomic mass is 9.93.